The summed E-state index contributed by atoms with van der Waals surface area (Å²) in [5, 5.41) is 6.64. The summed E-state index contributed by atoms with van der Waals surface area (Å²) in [5.41, 5.74) is 1.20. The van der Waals surface area contributed by atoms with E-state index < -0.39 is 0 Å². The molecular formula is C21H34ClN3O2. The SMILES string of the molecule is COc1ccccc1C1CNCCN1CCC(=O)NCC1CCCCC1.Cl. The molecule has 1 aliphatic heterocycles. The lowest BCUT2D eigenvalue weighted by Gasteiger charge is -2.37. The number of carbonyl (C=O) groups is 1. The molecule has 2 aliphatic rings. The number of hydrogen-bond acceptors (Lipinski definition) is 4. The number of halogens is 1. The first kappa shape index (κ1) is 22.0. The Labute approximate surface area is 169 Å². The number of nitrogens with one attached hydrogen (secondary N) is 2. The Balaban J connectivity index is 0.00000261. The van der Waals surface area contributed by atoms with E-state index in [1.54, 1.807) is 7.11 Å². The molecule has 1 aromatic rings. The van der Waals surface area contributed by atoms with Crippen molar-refractivity contribution in [3.8, 4) is 5.75 Å². The van der Waals surface area contributed by atoms with Gasteiger partial charge in [0.25, 0.3) is 0 Å². The molecule has 1 amide bonds. The van der Waals surface area contributed by atoms with Gasteiger partial charge in [0.15, 0.2) is 0 Å². The van der Waals surface area contributed by atoms with E-state index in [2.05, 4.69) is 27.7 Å². The zero-order chi connectivity index (χ0) is 18.2. The molecule has 1 aliphatic carbocycles. The van der Waals surface area contributed by atoms with Gasteiger partial charge in [0.1, 0.15) is 5.75 Å². The van der Waals surface area contributed by atoms with Crippen LogP contribution in [0.2, 0.25) is 0 Å². The Morgan fingerprint density at radius 2 is 2.04 bits per heavy atom. The van der Waals surface area contributed by atoms with Crippen LogP contribution in [0.1, 0.15) is 50.1 Å². The zero-order valence-electron chi connectivity index (χ0n) is 16.4. The second-order valence-electron chi connectivity index (χ2n) is 7.56. The maximum atomic E-state index is 12.3. The van der Waals surface area contributed by atoms with E-state index in [-0.39, 0.29) is 24.4 Å². The summed E-state index contributed by atoms with van der Waals surface area (Å²) >= 11 is 0. The fourth-order valence-electron chi connectivity index (χ4n) is 4.25. The standard InChI is InChI=1S/C21H33N3O2.ClH/c1-26-20-10-6-5-9-18(20)19-16-22-12-14-24(19)13-11-21(25)23-15-17-7-3-2-4-8-17;/h5-6,9-10,17,19,22H,2-4,7-8,11-16H2,1H3,(H,23,25);1H. The number of piperazine rings is 1. The lowest BCUT2D eigenvalue weighted by atomic mass is 9.89. The van der Waals surface area contributed by atoms with Crippen molar-refractivity contribution < 1.29 is 9.53 Å². The van der Waals surface area contributed by atoms with Gasteiger partial charge >= 0.3 is 0 Å². The average Bonchev–Trinajstić information content (AvgIpc) is 2.71. The number of methoxy groups -OCH3 is 1. The number of amides is 1. The van der Waals surface area contributed by atoms with Crippen LogP contribution in [-0.2, 0) is 4.79 Å². The second-order valence-corrected chi connectivity index (χ2v) is 7.56. The van der Waals surface area contributed by atoms with Gasteiger partial charge in [0.05, 0.1) is 13.2 Å². The molecule has 1 saturated heterocycles. The van der Waals surface area contributed by atoms with Gasteiger partial charge in [-0.05, 0) is 24.8 Å². The summed E-state index contributed by atoms with van der Waals surface area (Å²) < 4.78 is 5.54. The second kappa shape index (κ2) is 11.5. The number of benzene rings is 1. The summed E-state index contributed by atoms with van der Waals surface area (Å²) in [6, 6.07) is 8.46. The van der Waals surface area contributed by atoms with Crippen LogP contribution < -0.4 is 15.4 Å². The highest BCUT2D eigenvalue weighted by Crippen LogP contribution is 2.30. The maximum absolute atomic E-state index is 12.3. The van der Waals surface area contributed by atoms with Crippen molar-refractivity contribution in [2.24, 2.45) is 5.92 Å². The highest BCUT2D eigenvalue weighted by atomic mass is 35.5. The summed E-state index contributed by atoms with van der Waals surface area (Å²) in [6.45, 7) is 4.47. The van der Waals surface area contributed by atoms with Crippen LogP contribution in [0.25, 0.3) is 0 Å². The third kappa shape index (κ3) is 6.37. The summed E-state index contributed by atoms with van der Waals surface area (Å²) in [4.78, 5) is 14.7. The summed E-state index contributed by atoms with van der Waals surface area (Å²) in [7, 11) is 1.72. The van der Waals surface area contributed by atoms with Crippen LogP contribution in [-0.4, -0.2) is 50.6 Å². The minimum Gasteiger partial charge on any atom is -0.496 e. The Hall–Kier alpha value is -1.30. The van der Waals surface area contributed by atoms with Gasteiger partial charge in [-0.3, -0.25) is 9.69 Å². The number of ether oxygens (including phenoxy) is 1. The smallest absolute Gasteiger partial charge is 0.221 e. The lowest BCUT2D eigenvalue weighted by molar-refractivity contribution is -0.121. The van der Waals surface area contributed by atoms with E-state index in [0.29, 0.717) is 12.3 Å². The predicted octanol–water partition coefficient (Wildman–Crippen LogP) is 3.15. The van der Waals surface area contributed by atoms with Gasteiger partial charge in [0, 0.05) is 44.7 Å². The molecule has 1 unspecified atom stereocenters. The van der Waals surface area contributed by atoms with Crippen LogP contribution in [0.3, 0.4) is 0 Å². The molecule has 1 atom stereocenters. The highest BCUT2D eigenvalue weighted by Gasteiger charge is 2.26. The number of para-hydroxylation sites is 1. The molecule has 2 N–H and O–H groups in total. The third-order valence-electron chi connectivity index (χ3n) is 5.79. The number of carbonyl (C=O) groups excluding carboxylic acids is 1. The van der Waals surface area contributed by atoms with Gasteiger partial charge in [-0.1, -0.05) is 37.5 Å². The fourth-order valence-corrected chi connectivity index (χ4v) is 4.25. The fraction of sp³-hybridized carbons (Fsp3) is 0.667. The van der Waals surface area contributed by atoms with Crippen LogP contribution in [0.4, 0.5) is 0 Å². The van der Waals surface area contributed by atoms with Gasteiger partial charge in [-0.15, -0.1) is 12.4 Å². The van der Waals surface area contributed by atoms with Gasteiger partial charge in [0.2, 0.25) is 5.91 Å². The first-order valence-electron chi connectivity index (χ1n) is 10.1. The molecule has 0 radical (unpaired) electrons. The largest absolute Gasteiger partial charge is 0.496 e. The molecular weight excluding hydrogens is 362 g/mol. The lowest BCUT2D eigenvalue weighted by Crippen LogP contribution is -2.47. The summed E-state index contributed by atoms with van der Waals surface area (Å²) in [5.74, 6) is 1.80. The van der Waals surface area contributed by atoms with Crippen molar-refractivity contribution in [2.75, 3.05) is 39.8 Å². The quantitative estimate of drug-likeness (QED) is 0.744. The molecule has 27 heavy (non-hydrogen) atoms. The average molecular weight is 396 g/mol. The minimum atomic E-state index is 0. The van der Waals surface area contributed by atoms with Crippen LogP contribution in [0, 0.1) is 5.92 Å². The van der Waals surface area contributed by atoms with E-state index in [9.17, 15) is 4.79 Å². The molecule has 152 valence electrons. The molecule has 0 spiro atoms. The Bertz CT molecular complexity index is 578. The highest BCUT2D eigenvalue weighted by molar-refractivity contribution is 5.85. The Kier molecular flexibility index (Phi) is 9.39. The molecule has 2 fully saturated rings. The minimum absolute atomic E-state index is 0. The van der Waals surface area contributed by atoms with Crippen LogP contribution >= 0.6 is 12.4 Å². The van der Waals surface area contributed by atoms with E-state index in [4.69, 9.17) is 4.74 Å². The molecule has 3 rings (SSSR count). The normalized spacial score (nSPS) is 21.3. The van der Waals surface area contributed by atoms with Gasteiger partial charge in [-0.2, -0.15) is 0 Å². The molecule has 1 saturated carbocycles. The van der Waals surface area contributed by atoms with Crippen LogP contribution in [0.5, 0.6) is 5.75 Å². The number of hydrogen-bond donors (Lipinski definition) is 2. The Morgan fingerprint density at radius 1 is 1.26 bits per heavy atom. The van der Waals surface area contributed by atoms with Crippen molar-refractivity contribution in [1.29, 1.82) is 0 Å². The van der Waals surface area contributed by atoms with Crippen LogP contribution in [0.15, 0.2) is 24.3 Å². The first-order chi connectivity index (χ1) is 12.8. The van der Waals surface area contributed by atoms with Gasteiger partial charge in [-0.25, -0.2) is 0 Å². The van der Waals surface area contributed by atoms with Crippen molar-refractivity contribution in [1.82, 2.24) is 15.5 Å². The monoisotopic (exact) mass is 395 g/mol. The summed E-state index contributed by atoms with van der Waals surface area (Å²) in [6.07, 6.45) is 7.11. The van der Waals surface area contributed by atoms with Crippen molar-refractivity contribution in [2.45, 2.75) is 44.6 Å². The molecule has 1 aromatic carbocycles. The van der Waals surface area contributed by atoms with E-state index >= 15 is 0 Å². The maximum Gasteiger partial charge on any atom is 0.221 e. The topological polar surface area (TPSA) is 53.6 Å². The van der Waals surface area contributed by atoms with Crippen molar-refractivity contribution >= 4 is 18.3 Å². The number of nitrogens with zero attached hydrogens (tertiary/aromatic N) is 1. The molecule has 5 nitrogen and oxygen atoms in total. The number of rotatable bonds is 7. The zero-order valence-corrected chi connectivity index (χ0v) is 17.2. The molecule has 1 heterocycles. The van der Waals surface area contributed by atoms with E-state index in [1.807, 2.05) is 12.1 Å². The third-order valence-corrected chi connectivity index (χ3v) is 5.79. The molecule has 0 aromatic heterocycles. The van der Waals surface area contributed by atoms with Gasteiger partial charge < -0.3 is 15.4 Å². The van der Waals surface area contributed by atoms with Crippen molar-refractivity contribution in [3.05, 3.63) is 29.8 Å². The van der Waals surface area contributed by atoms with E-state index in [1.165, 1.54) is 37.7 Å². The predicted molar refractivity (Wildman–Crippen MR) is 112 cm³/mol. The molecule has 6 heteroatoms. The van der Waals surface area contributed by atoms with E-state index in [0.717, 1.165) is 38.5 Å². The molecule has 0 bridgehead atoms. The Morgan fingerprint density at radius 3 is 2.81 bits per heavy atom. The van der Waals surface area contributed by atoms with Crippen molar-refractivity contribution in [3.63, 3.8) is 0 Å². The first-order valence-corrected chi connectivity index (χ1v) is 10.1.